The Labute approximate surface area is 242 Å². The van der Waals surface area contributed by atoms with Crippen molar-refractivity contribution in [3.05, 3.63) is 138 Å². The molecule has 0 spiro atoms. The van der Waals surface area contributed by atoms with Gasteiger partial charge >= 0.3 is 0 Å². The van der Waals surface area contributed by atoms with E-state index in [0.717, 1.165) is 33.9 Å². The van der Waals surface area contributed by atoms with Gasteiger partial charge < -0.3 is 10.4 Å². The smallest absolute Gasteiger partial charge is 0.124 e. The lowest BCUT2D eigenvalue weighted by Crippen LogP contribution is -2.26. The molecule has 0 radical (unpaired) electrons. The van der Waals surface area contributed by atoms with Crippen LogP contribution in [0.5, 0.6) is 5.75 Å². The van der Waals surface area contributed by atoms with Crippen molar-refractivity contribution < 1.29 is 5.11 Å². The van der Waals surface area contributed by atoms with Gasteiger partial charge in [-0.3, -0.25) is 29.7 Å². The van der Waals surface area contributed by atoms with E-state index >= 15 is 0 Å². The van der Waals surface area contributed by atoms with Crippen molar-refractivity contribution in [1.29, 1.82) is 0 Å². The molecule has 4 rings (SSSR count). The number of allylic oxidation sites excluding steroid dienone is 1. The monoisotopic (exact) mass is 547 g/mol. The number of aromatic nitrogens is 3. The van der Waals surface area contributed by atoms with Crippen molar-refractivity contribution in [2.45, 2.75) is 32.7 Å². The topological polar surface area (TPSA) is 89.8 Å². The summed E-state index contributed by atoms with van der Waals surface area (Å²) in [6.07, 6.45) is 8.65. The second-order valence-corrected chi connectivity index (χ2v) is 9.73. The number of aromatic hydroxyl groups is 1. The van der Waals surface area contributed by atoms with Crippen LogP contribution < -0.4 is 5.32 Å². The van der Waals surface area contributed by atoms with Crippen LogP contribution in [-0.2, 0) is 32.7 Å². The van der Waals surface area contributed by atoms with Gasteiger partial charge in [0.25, 0.3) is 0 Å². The number of benzene rings is 1. The van der Waals surface area contributed by atoms with Crippen molar-refractivity contribution in [3.63, 3.8) is 0 Å². The number of nitrogens with zero attached hydrogens (tertiary/aromatic N) is 6. The average Bonchev–Trinajstić information content (AvgIpc) is 2.99. The summed E-state index contributed by atoms with van der Waals surface area (Å²) < 4.78 is 0. The van der Waals surface area contributed by atoms with Gasteiger partial charge in [-0.05, 0) is 48.5 Å². The molecule has 0 aliphatic rings. The summed E-state index contributed by atoms with van der Waals surface area (Å²) in [4.78, 5) is 22.3. The summed E-state index contributed by atoms with van der Waals surface area (Å²) in [5, 5.41) is 14.8. The van der Waals surface area contributed by atoms with Crippen LogP contribution in [0, 0.1) is 0 Å². The molecule has 2 N–H and O–H groups in total. The van der Waals surface area contributed by atoms with Gasteiger partial charge in [0.05, 0.1) is 17.1 Å². The summed E-state index contributed by atoms with van der Waals surface area (Å²) in [6, 6.07) is 21.7. The first-order valence-electron chi connectivity index (χ1n) is 13.5. The number of aliphatic imine (C=N–C) groups is 1. The molecule has 0 bridgehead atoms. The minimum absolute atomic E-state index is 0.266. The maximum Gasteiger partial charge on any atom is 0.124 e. The molecule has 1 aromatic carbocycles. The van der Waals surface area contributed by atoms with Crippen LogP contribution in [0.2, 0.25) is 0 Å². The maximum absolute atomic E-state index is 11.6. The lowest BCUT2D eigenvalue weighted by Gasteiger charge is -2.26. The molecular formula is C33H37N7O. The van der Waals surface area contributed by atoms with Gasteiger partial charge in [0, 0.05) is 93.6 Å². The molecule has 0 aliphatic carbocycles. The van der Waals surface area contributed by atoms with Crippen LogP contribution in [0.25, 0.3) is 0 Å². The molecule has 0 atom stereocenters. The Bertz CT molecular complexity index is 1380. The Kier molecular flexibility index (Phi) is 10.9. The number of phenols is 1. The third-order valence-electron chi connectivity index (χ3n) is 6.45. The number of pyridine rings is 3. The van der Waals surface area contributed by atoms with E-state index in [1.807, 2.05) is 73.8 Å². The predicted molar refractivity (Wildman–Crippen MR) is 165 cm³/mol. The van der Waals surface area contributed by atoms with Crippen LogP contribution in [0.15, 0.2) is 115 Å². The largest absolute Gasteiger partial charge is 0.507 e. The SMILES string of the molecule is C=CC=NC(=C)CN(Cc1ccccn1)Cc1cc(NC)cc(CN(Cc2ccccn2)Cc2ccccn2)c1O. The fraction of sp³-hybridized carbons (Fsp3) is 0.212. The molecule has 8 nitrogen and oxygen atoms in total. The summed E-state index contributed by atoms with van der Waals surface area (Å²) in [5.41, 5.74) is 6.07. The van der Waals surface area contributed by atoms with Crippen molar-refractivity contribution in [1.82, 2.24) is 24.8 Å². The summed E-state index contributed by atoms with van der Waals surface area (Å²) in [7, 11) is 1.89. The van der Waals surface area contributed by atoms with Crippen LogP contribution >= 0.6 is 0 Å². The first-order valence-corrected chi connectivity index (χ1v) is 13.5. The highest BCUT2D eigenvalue weighted by Crippen LogP contribution is 2.31. The molecule has 8 heteroatoms. The Morgan fingerprint density at radius 1 is 0.805 bits per heavy atom. The van der Waals surface area contributed by atoms with E-state index in [0.29, 0.717) is 45.0 Å². The van der Waals surface area contributed by atoms with Gasteiger partial charge in [-0.15, -0.1) is 0 Å². The highest BCUT2D eigenvalue weighted by atomic mass is 16.3. The van der Waals surface area contributed by atoms with E-state index < -0.39 is 0 Å². The van der Waals surface area contributed by atoms with Gasteiger partial charge in [0.2, 0.25) is 0 Å². The Morgan fingerprint density at radius 3 is 1.73 bits per heavy atom. The molecular weight excluding hydrogens is 510 g/mol. The van der Waals surface area contributed by atoms with E-state index in [9.17, 15) is 5.11 Å². The van der Waals surface area contributed by atoms with E-state index in [4.69, 9.17) is 0 Å². The second kappa shape index (κ2) is 15.2. The molecule has 0 aliphatic heterocycles. The number of phenolic OH excluding ortho intramolecular Hbond substituents is 1. The fourth-order valence-electron chi connectivity index (χ4n) is 4.58. The molecule has 0 amide bonds. The molecule has 3 heterocycles. The minimum Gasteiger partial charge on any atom is -0.507 e. The molecule has 4 aromatic rings. The zero-order chi connectivity index (χ0) is 28.9. The molecule has 0 saturated heterocycles. The number of hydrogen-bond donors (Lipinski definition) is 2. The standard InChI is InChI=1S/C33H37N7O/c1-4-14-35-26(2)20-39(23-29-11-5-8-15-36-29)21-27-18-32(34-3)19-28(33(27)41)22-40(24-30-12-6-9-16-37-30)25-31-13-7-10-17-38-31/h4-19,34,41H,1-2,20-25H2,3H3. The highest BCUT2D eigenvalue weighted by molar-refractivity contribution is 5.71. The molecule has 0 fully saturated rings. The third kappa shape index (κ3) is 9.20. The van der Waals surface area contributed by atoms with E-state index in [1.165, 1.54) is 0 Å². The number of anilines is 1. The zero-order valence-electron chi connectivity index (χ0n) is 23.5. The minimum atomic E-state index is 0.266. The van der Waals surface area contributed by atoms with Crippen LogP contribution in [0.1, 0.15) is 28.2 Å². The highest BCUT2D eigenvalue weighted by Gasteiger charge is 2.18. The number of rotatable bonds is 15. The van der Waals surface area contributed by atoms with Crippen LogP contribution in [-0.4, -0.2) is 49.7 Å². The van der Waals surface area contributed by atoms with E-state index in [2.05, 4.69) is 48.2 Å². The van der Waals surface area contributed by atoms with Crippen molar-refractivity contribution >= 4 is 11.9 Å². The van der Waals surface area contributed by atoms with Crippen LogP contribution in [0.3, 0.4) is 0 Å². The lowest BCUT2D eigenvalue weighted by molar-refractivity contribution is 0.237. The fourth-order valence-corrected chi connectivity index (χ4v) is 4.58. The number of hydrogen-bond acceptors (Lipinski definition) is 8. The van der Waals surface area contributed by atoms with Gasteiger partial charge in [-0.25, -0.2) is 0 Å². The molecule has 41 heavy (non-hydrogen) atoms. The van der Waals surface area contributed by atoms with Crippen molar-refractivity contribution in [3.8, 4) is 5.75 Å². The zero-order valence-corrected chi connectivity index (χ0v) is 23.5. The Morgan fingerprint density at radius 2 is 1.29 bits per heavy atom. The molecule has 0 saturated carbocycles. The van der Waals surface area contributed by atoms with E-state index in [-0.39, 0.29) is 5.75 Å². The van der Waals surface area contributed by atoms with Crippen molar-refractivity contribution in [2.24, 2.45) is 4.99 Å². The first-order chi connectivity index (χ1) is 20.0. The van der Waals surface area contributed by atoms with Gasteiger partial charge in [0.15, 0.2) is 0 Å². The lowest BCUT2D eigenvalue weighted by atomic mass is 10.0. The van der Waals surface area contributed by atoms with E-state index in [1.54, 1.807) is 30.9 Å². The maximum atomic E-state index is 11.6. The molecule has 210 valence electrons. The average molecular weight is 548 g/mol. The molecule has 3 aromatic heterocycles. The van der Waals surface area contributed by atoms with Gasteiger partial charge in [-0.2, -0.15) is 0 Å². The third-order valence-corrected chi connectivity index (χ3v) is 6.45. The Hall–Kier alpha value is -4.66. The summed E-state index contributed by atoms with van der Waals surface area (Å²) >= 11 is 0. The first kappa shape index (κ1) is 29.3. The quantitative estimate of drug-likeness (QED) is 0.148. The van der Waals surface area contributed by atoms with Gasteiger partial charge in [0.1, 0.15) is 5.75 Å². The molecule has 0 unspecified atom stereocenters. The second-order valence-electron chi connectivity index (χ2n) is 9.73. The van der Waals surface area contributed by atoms with Crippen molar-refractivity contribution in [2.75, 3.05) is 18.9 Å². The summed E-state index contributed by atoms with van der Waals surface area (Å²) in [5.74, 6) is 0.266. The van der Waals surface area contributed by atoms with Crippen LogP contribution in [0.4, 0.5) is 5.69 Å². The van der Waals surface area contributed by atoms with Gasteiger partial charge in [-0.1, -0.05) is 37.4 Å². The summed E-state index contributed by atoms with van der Waals surface area (Å²) in [6.45, 7) is 11.1. The number of nitrogens with one attached hydrogen (secondary N) is 1. The predicted octanol–water partition coefficient (Wildman–Crippen LogP) is 5.59. The Balaban J connectivity index is 1.62. The normalized spacial score (nSPS) is 11.3.